The van der Waals surface area contributed by atoms with E-state index in [2.05, 4.69) is 142 Å². The molecule has 6 nitrogen and oxygen atoms in total. The lowest BCUT2D eigenvalue weighted by atomic mass is 10.0. The highest BCUT2D eigenvalue weighted by Crippen LogP contribution is 2.17. The first-order valence-electron chi connectivity index (χ1n) is 34.5. The van der Waals surface area contributed by atoms with Gasteiger partial charge in [-0.15, -0.1) is 0 Å². The van der Waals surface area contributed by atoms with E-state index in [1.54, 1.807) is 0 Å². The van der Waals surface area contributed by atoms with E-state index in [1.165, 1.54) is 141 Å². The number of carbonyl (C=O) groups is 3. The Kier molecular flexibility index (Phi) is 65.8. The summed E-state index contributed by atoms with van der Waals surface area (Å²) in [5.41, 5.74) is 0. The van der Waals surface area contributed by atoms with E-state index < -0.39 is 6.10 Å². The summed E-state index contributed by atoms with van der Waals surface area (Å²) < 4.78 is 17.0. The number of esters is 3. The molecule has 82 heavy (non-hydrogen) atoms. The van der Waals surface area contributed by atoms with Crippen LogP contribution in [-0.4, -0.2) is 37.2 Å². The molecule has 468 valence electrons. The molecule has 0 spiro atoms. The fraction of sp³-hybridized carbons (Fsp3) is 0.697. The number of unbranched alkanes of at least 4 members (excludes halogenated alkanes) is 31. The van der Waals surface area contributed by atoms with Crippen LogP contribution >= 0.6 is 0 Å². The number of ether oxygens (including phenoxy) is 3. The molecule has 0 rings (SSSR count). The number of allylic oxidation sites excluding steroid dienone is 20. The smallest absolute Gasteiger partial charge is 0.306 e. The van der Waals surface area contributed by atoms with Crippen LogP contribution in [0.4, 0.5) is 0 Å². The van der Waals surface area contributed by atoms with Gasteiger partial charge in [-0.3, -0.25) is 14.4 Å². The Hall–Kier alpha value is -4.19. The van der Waals surface area contributed by atoms with Crippen molar-refractivity contribution in [3.8, 4) is 0 Å². The Morgan fingerprint density at radius 1 is 0.256 bits per heavy atom. The first-order chi connectivity index (χ1) is 40.5. The normalized spacial score (nSPS) is 12.9. The lowest BCUT2D eigenvalue weighted by molar-refractivity contribution is -0.167. The summed E-state index contributed by atoms with van der Waals surface area (Å²) in [6.07, 6.45) is 96.5. The van der Waals surface area contributed by atoms with Gasteiger partial charge in [-0.25, -0.2) is 0 Å². The SMILES string of the molecule is CC/C=C\C/C=C\C/C=C\C/C=C\C/C=C\CCCCCCCC(=O)OC(COC(=O)CCCCCCC/C=C\CCCCCCC)COC(=O)CCCCCCCCCCCCCCCCCC/C=C\C/C=C\C/C=C\C/C=C\CC. The zero-order valence-electron chi connectivity index (χ0n) is 53.7. The highest BCUT2D eigenvalue weighted by atomic mass is 16.6. The van der Waals surface area contributed by atoms with Crippen molar-refractivity contribution in [2.45, 2.75) is 329 Å². The molecule has 0 amide bonds. The van der Waals surface area contributed by atoms with E-state index in [4.69, 9.17) is 14.2 Å². The first kappa shape index (κ1) is 77.8. The monoisotopic (exact) mass is 1140 g/mol. The largest absolute Gasteiger partial charge is 0.462 e. The van der Waals surface area contributed by atoms with Crippen molar-refractivity contribution < 1.29 is 28.6 Å². The highest BCUT2D eigenvalue weighted by molar-refractivity contribution is 5.71. The molecule has 0 N–H and O–H groups in total. The molecule has 0 radical (unpaired) electrons. The summed E-state index contributed by atoms with van der Waals surface area (Å²) in [5, 5.41) is 0. The lowest BCUT2D eigenvalue weighted by Gasteiger charge is -2.18. The van der Waals surface area contributed by atoms with Crippen molar-refractivity contribution in [3.05, 3.63) is 122 Å². The predicted octanol–water partition coefficient (Wildman–Crippen LogP) is 23.9. The summed E-state index contributed by atoms with van der Waals surface area (Å²) in [7, 11) is 0. The number of carbonyl (C=O) groups excluding carboxylic acids is 3. The van der Waals surface area contributed by atoms with Crippen LogP contribution in [0.5, 0.6) is 0 Å². The summed E-state index contributed by atoms with van der Waals surface area (Å²) >= 11 is 0. The van der Waals surface area contributed by atoms with Crippen LogP contribution in [0.15, 0.2) is 122 Å². The minimum absolute atomic E-state index is 0.0886. The van der Waals surface area contributed by atoms with Crippen molar-refractivity contribution in [1.82, 2.24) is 0 Å². The predicted molar refractivity (Wildman–Crippen MR) is 357 cm³/mol. The van der Waals surface area contributed by atoms with Gasteiger partial charge in [0.2, 0.25) is 0 Å². The van der Waals surface area contributed by atoms with Crippen LogP contribution in [0.3, 0.4) is 0 Å². The molecule has 0 aliphatic rings. The molecule has 0 aliphatic heterocycles. The zero-order chi connectivity index (χ0) is 59.2. The van der Waals surface area contributed by atoms with Gasteiger partial charge in [-0.05, 0) is 128 Å². The standard InChI is InChI=1S/C76H128O6/c1-4-7-10-13-16-19-22-25-28-30-32-34-35-36-37-38-39-40-41-43-44-46-48-51-54-57-60-63-66-69-75(78)81-72-73(71-80-74(77)68-65-62-59-56-53-50-27-24-21-18-15-12-9-6-3)82-76(79)70-67-64-61-58-55-52-49-47-45-42-33-31-29-26-23-20-17-14-11-8-5-2/h7-8,10-11,16-17,19-20,24-29,32-34,42,47,49,73H,4-6,9,12-15,18,21-23,30-31,35-41,43-46,48,50-72H2,1-3H3/b10-7-,11-8-,19-16-,20-17-,27-24-,28-25-,29-26-,34-32-,42-33-,49-47-. The molecule has 0 aromatic carbocycles. The second kappa shape index (κ2) is 69.3. The van der Waals surface area contributed by atoms with Crippen LogP contribution in [-0.2, 0) is 28.6 Å². The molecule has 1 atom stereocenters. The highest BCUT2D eigenvalue weighted by Gasteiger charge is 2.19. The van der Waals surface area contributed by atoms with Gasteiger partial charge in [0.05, 0.1) is 0 Å². The Morgan fingerprint density at radius 2 is 0.476 bits per heavy atom. The van der Waals surface area contributed by atoms with Crippen LogP contribution < -0.4 is 0 Å². The second-order valence-electron chi connectivity index (χ2n) is 22.7. The third kappa shape index (κ3) is 66.6. The van der Waals surface area contributed by atoms with Crippen LogP contribution in [0.1, 0.15) is 323 Å². The molecule has 0 bridgehead atoms. The maximum absolute atomic E-state index is 12.9. The number of rotatable bonds is 62. The third-order valence-electron chi connectivity index (χ3n) is 14.7. The maximum Gasteiger partial charge on any atom is 0.306 e. The summed E-state index contributed by atoms with van der Waals surface area (Å²) in [5.74, 6) is -0.906. The van der Waals surface area contributed by atoms with Gasteiger partial charge < -0.3 is 14.2 Å². The Bertz CT molecular complexity index is 1690. The van der Waals surface area contributed by atoms with Crippen molar-refractivity contribution in [3.63, 3.8) is 0 Å². The van der Waals surface area contributed by atoms with Gasteiger partial charge in [-0.2, -0.15) is 0 Å². The van der Waals surface area contributed by atoms with Crippen molar-refractivity contribution >= 4 is 17.9 Å². The topological polar surface area (TPSA) is 78.9 Å². The molecule has 0 aromatic rings. The van der Waals surface area contributed by atoms with E-state index in [0.29, 0.717) is 19.3 Å². The van der Waals surface area contributed by atoms with Gasteiger partial charge in [0.15, 0.2) is 6.10 Å². The van der Waals surface area contributed by atoms with Gasteiger partial charge in [0.1, 0.15) is 13.2 Å². The summed E-state index contributed by atoms with van der Waals surface area (Å²) in [6.45, 7) is 6.41. The Labute approximate surface area is 507 Å². The summed E-state index contributed by atoms with van der Waals surface area (Å²) in [6, 6.07) is 0. The van der Waals surface area contributed by atoms with E-state index in [-0.39, 0.29) is 31.1 Å². The van der Waals surface area contributed by atoms with E-state index >= 15 is 0 Å². The molecule has 1 unspecified atom stereocenters. The third-order valence-corrected chi connectivity index (χ3v) is 14.7. The number of hydrogen-bond donors (Lipinski definition) is 0. The molecule has 0 heterocycles. The molecule has 0 saturated carbocycles. The van der Waals surface area contributed by atoms with Crippen LogP contribution in [0.25, 0.3) is 0 Å². The minimum Gasteiger partial charge on any atom is -0.462 e. The molecule has 0 saturated heterocycles. The summed E-state index contributed by atoms with van der Waals surface area (Å²) in [4.78, 5) is 38.4. The van der Waals surface area contributed by atoms with Crippen molar-refractivity contribution in [1.29, 1.82) is 0 Å². The van der Waals surface area contributed by atoms with Gasteiger partial charge in [0, 0.05) is 19.3 Å². The van der Waals surface area contributed by atoms with Gasteiger partial charge in [0.25, 0.3) is 0 Å². The quantitative estimate of drug-likeness (QED) is 0.0261. The first-order valence-corrected chi connectivity index (χ1v) is 34.5. The average molecular weight is 1140 g/mol. The molecule has 0 aromatic heterocycles. The molecule has 0 fully saturated rings. The zero-order valence-corrected chi connectivity index (χ0v) is 53.7. The van der Waals surface area contributed by atoms with Crippen LogP contribution in [0, 0.1) is 0 Å². The lowest BCUT2D eigenvalue weighted by Crippen LogP contribution is -2.30. The fourth-order valence-electron chi connectivity index (χ4n) is 9.57. The Balaban J connectivity index is 4.31. The van der Waals surface area contributed by atoms with Crippen molar-refractivity contribution in [2.24, 2.45) is 0 Å². The molecule has 0 aliphatic carbocycles. The molecular weight excluding hydrogens is 1010 g/mol. The van der Waals surface area contributed by atoms with Crippen LogP contribution in [0.2, 0.25) is 0 Å². The minimum atomic E-state index is -0.795. The Morgan fingerprint density at radius 3 is 0.756 bits per heavy atom. The maximum atomic E-state index is 12.9. The second-order valence-corrected chi connectivity index (χ2v) is 22.7. The number of hydrogen-bond acceptors (Lipinski definition) is 6. The van der Waals surface area contributed by atoms with Gasteiger partial charge >= 0.3 is 17.9 Å². The molecule has 6 heteroatoms. The van der Waals surface area contributed by atoms with E-state index in [0.717, 1.165) is 141 Å². The van der Waals surface area contributed by atoms with E-state index in [9.17, 15) is 14.4 Å². The van der Waals surface area contributed by atoms with Gasteiger partial charge in [-0.1, -0.05) is 296 Å². The van der Waals surface area contributed by atoms with Crippen molar-refractivity contribution in [2.75, 3.05) is 13.2 Å². The van der Waals surface area contributed by atoms with E-state index in [1.807, 2.05) is 0 Å². The molecular formula is C76H128O6. The average Bonchev–Trinajstić information content (AvgIpc) is 3.47. The fourth-order valence-corrected chi connectivity index (χ4v) is 9.57.